The number of ether oxygens (including phenoxy) is 2. The molecule has 1 aromatic rings. The number of carbonyl (C=O) groups is 1. The molecule has 18 heavy (non-hydrogen) atoms. The Morgan fingerprint density at radius 2 is 1.83 bits per heavy atom. The van der Waals surface area contributed by atoms with Crippen LogP contribution in [0.15, 0.2) is 12.1 Å². The monoisotopic (exact) mass is 250 g/mol. The summed E-state index contributed by atoms with van der Waals surface area (Å²) in [5.41, 5.74) is 0.537. The number of methoxy groups -OCH3 is 2. The van der Waals surface area contributed by atoms with Crippen LogP contribution < -0.4 is 9.47 Å². The Labute approximate surface area is 105 Å². The van der Waals surface area contributed by atoms with Crippen LogP contribution in [0.2, 0.25) is 0 Å². The van der Waals surface area contributed by atoms with E-state index >= 15 is 0 Å². The van der Waals surface area contributed by atoms with Gasteiger partial charge in [-0.3, -0.25) is 0 Å². The molecule has 0 bridgehead atoms. The molecule has 0 atom stereocenters. The number of rotatable bonds is 4. The lowest BCUT2D eigenvalue weighted by Gasteiger charge is -2.10. The van der Waals surface area contributed by atoms with E-state index in [4.69, 9.17) is 19.7 Å². The molecule has 5 heteroatoms. The van der Waals surface area contributed by atoms with Crippen LogP contribution in [0.5, 0.6) is 11.5 Å². The van der Waals surface area contributed by atoms with Crippen molar-refractivity contribution in [2.45, 2.75) is 6.42 Å². The number of aliphatic hydroxyl groups excluding tert-OH is 1. The Kier molecular flexibility index (Phi) is 5.03. The Morgan fingerprint density at radius 1 is 1.28 bits per heavy atom. The maximum Gasteiger partial charge on any atom is 0.335 e. The van der Waals surface area contributed by atoms with E-state index in [1.807, 2.05) is 0 Å². The van der Waals surface area contributed by atoms with Crippen molar-refractivity contribution >= 4 is 5.97 Å². The summed E-state index contributed by atoms with van der Waals surface area (Å²) in [5.74, 6) is 5.13. The van der Waals surface area contributed by atoms with Crippen molar-refractivity contribution in [1.29, 1.82) is 0 Å². The molecule has 0 aliphatic carbocycles. The van der Waals surface area contributed by atoms with Gasteiger partial charge in [0.25, 0.3) is 0 Å². The van der Waals surface area contributed by atoms with Gasteiger partial charge in [0, 0.05) is 6.42 Å². The third kappa shape index (κ3) is 3.15. The van der Waals surface area contributed by atoms with E-state index in [0.29, 0.717) is 23.5 Å². The first-order valence-corrected chi connectivity index (χ1v) is 5.23. The fourth-order valence-electron chi connectivity index (χ4n) is 1.37. The lowest BCUT2D eigenvalue weighted by molar-refractivity contribution is 0.0696. The molecular formula is C13H14O5. The van der Waals surface area contributed by atoms with E-state index in [9.17, 15) is 4.79 Å². The summed E-state index contributed by atoms with van der Waals surface area (Å²) < 4.78 is 10.2. The van der Waals surface area contributed by atoms with Crippen LogP contribution in [0.25, 0.3) is 0 Å². The molecule has 5 nitrogen and oxygen atoms in total. The van der Waals surface area contributed by atoms with E-state index < -0.39 is 5.97 Å². The Hall–Kier alpha value is -2.19. The molecule has 0 aliphatic heterocycles. The van der Waals surface area contributed by atoms with Gasteiger partial charge in [0.2, 0.25) is 0 Å². The van der Waals surface area contributed by atoms with Gasteiger partial charge in [-0.05, 0) is 12.1 Å². The molecule has 0 amide bonds. The normalized spacial score (nSPS) is 9.28. The smallest absolute Gasteiger partial charge is 0.335 e. The highest BCUT2D eigenvalue weighted by Gasteiger charge is 2.14. The molecule has 0 fully saturated rings. The molecule has 0 aromatic heterocycles. The molecule has 0 saturated carbocycles. The molecule has 0 unspecified atom stereocenters. The molecule has 96 valence electrons. The van der Waals surface area contributed by atoms with Crippen LogP contribution in [0, 0.1) is 11.8 Å². The lowest BCUT2D eigenvalue weighted by Crippen LogP contribution is -2.01. The Balaban J connectivity index is 3.31. The molecule has 0 spiro atoms. The van der Waals surface area contributed by atoms with E-state index in [0.717, 1.165) is 0 Å². The second-order valence-corrected chi connectivity index (χ2v) is 3.34. The molecular weight excluding hydrogens is 236 g/mol. The van der Waals surface area contributed by atoms with Gasteiger partial charge < -0.3 is 19.7 Å². The number of aromatic carboxylic acids is 1. The van der Waals surface area contributed by atoms with Crippen molar-refractivity contribution in [3.05, 3.63) is 23.3 Å². The minimum absolute atomic E-state index is 0.0369. The summed E-state index contributed by atoms with van der Waals surface area (Å²) in [6, 6.07) is 2.77. The number of aliphatic hydroxyl groups is 1. The van der Waals surface area contributed by atoms with Crippen molar-refractivity contribution in [1.82, 2.24) is 0 Å². The molecule has 0 heterocycles. The third-order valence-corrected chi connectivity index (χ3v) is 2.20. The highest BCUT2D eigenvalue weighted by molar-refractivity contribution is 5.89. The Bertz CT molecular complexity index is 471. The second kappa shape index (κ2) is 6.52. The van der Waals surface area contributed by atoms with Gasteiger partial charge in [0.15, 0.2) is 0 Å². The number of benzene rings is 1. The van der Waals surface area contributed by atoms with Gasteiger partial charge >= 0.3 is 5.97 Å². The third-order valence-electron chi connectivity index (χ3n) is 2.20. The van der Waals surface area contributed by atoms with E-state index in [1.54, 1.807) is 0 Å². The van der Waals surface area contributed by atoms with E-state index in [2.05, 4.69) is 11.8 Å². The van der Waals surface area contributed by atoms with Crippen molar-refractivity contribution < 1.29 is 24.5 Å². The maximum atomic E-state index is 10.9. The molecule has 0 saturated heterocycles. The number of hydrogen-bond donors (Lipinski definition) is 2. The maximum absolute atomic E-state index is 10.9. The van der Waals surface area contributed by atoms with Gasteiger partial charge in [0.1, 0.15) is 17.1 Å². The first-order valence-electron chi connectivity index (χ1n) is 5.23. The fourth-order valence-corrected chi connectivity index (χ4v) is 1.37. The highest BCUT2D eigenvalue weighted by Crippen LogP contribution is 2.29. The highest BCUT2D eigenvalue weighted by atomic mass is 16.5. The molecule has 0 radical (unpaired) electrons. The summed E-state index contributed by atoms with van der Waals surface area (Å²) in [6.45, 7) is -0.0369. The number of carboxylic acids is 1. The van der Waals surface area contributed by atoms with E-state index in [-0.39, 0.29) is 12.2 Å². The Morgan fingerprint density at radius 3 is 2.22 bits per heavy atom. The summed E-state index contributed by atoms with van der Waals surface area (Å²) >= 11 is 0. The minimum atomic E-state index is -1.07. The standard InChI is InChI=1S/C13H14O5/c1-17-11-7-9(13(15)16)8-12(18-2)10(11)5-3-4-6-14/h7-8,14H,4,6H2,1-2H3,(H,15,16). The first-order chi connectivity index (χ1) is 8.63. The molecule has 1 aromatic carbocycles. The summed E-state index contributed by atoms with van der Waals surface area (Å²) in [6.07, 6.45) is 0.326. The first kappa shape index (κ1) is 13.9. The summed E-state index contributed by atoms with van der Waals surface area (Å²) in [5, 5.41) is 17.6. The van der Waals surface area contributed by atoms with Crippen LogP contribution in [-0.2, 0) is 0 Å². The molecule has 0 aliphatic rings. The lowest BCUT2D eigenvalue weighted by atomic mass is 10.1. The quantitative estimate of drug-likeness (QED) is 0.783. The topological polar surface area (TPSA) is 76.0 Å². The van der Waals surface area contributed by atoms with Gasteiger partial charge in [-0.15, -0.1) is 0 Å². The SMILES string of the molecule is COc1cc(C(=O)O)cc(OC)c1C#CCCO. The summed E-state index contributed by atoms with van der Waals surface area (Å²) in [4.78, 5) is 10.9. The van der Waals surface area contributed by atoms with Crippen LogP contribution in [0.4, 0.5) is 0 Å². The van der Waals surface area contributed by atoms with Gasteiger partial charge in [0.05, 0.1) is 26.4 Å². The number of hydrogen-bond acceptors (Lipinski definition) is 4. The van der Waals surface area contributed by atoms with Crippen LogP contribution in [-0.4, -0.2) is 37.0 Å². The van der Waals surface area contributed by atoms with Gasteiger partial charge in [-0.2, -0.15) is 0 Å². The fraction of sp³-hybridized carbons (Fsp3) is 0.308. The molecule has 2 N–H and O–H groups in total. The largest absolute Gasteiger partial charge is 0.495 e. The zero-order chi connectivity index (χ0) is 13.5. The van der Waals surface area contributed by atoms with Crippen molar-refractivity contribution in [2.75, 3.05) is 20.8 Å². The van der Waals surface area contributed by atoms with Gasteiger partial charge in [-0.1, -0.05) is 11.8 Å². The van der Waals surface area contributed by atoms with Crippen molar-refractivity contribution in [3.63, 3.8) is 0 Å². The van der Waals surface area contributed by atoms with Crippen molar-refractivity contribution in [2.24, 2.45) is 0 Å². The van der Waals surface area contributed by atoms with Crippen LogP contribution in [0.3, 0.4) is 0 Å². The average molecular weight is 250 g/mol. The summed E-state index contributed by atoms with van der Waals surface area (Å²) in [7, 11) is 2.86. The molecule has 1 rings (SSSR count). The minimum Gasteiger partial charge on any atom is -0.495 e. The van der Waals surface area contributed by atoms with Crippen molar-refractivity contribution in [3.8, 4) is 23.3 Å². The predicted molar refractivity (Wildman–Crippen MR) is 65.1 cm³/mol. The van der Waals surface area contributed by atoms with Crippen LogP contribution in [0.1, 0.15) is 22.3 Å². The van der Waals surface area contributed by atoms with Gasteiger partial charge in [-0.25, -0.2) is 4.79 Å². The average Bonchev–Trinajstić information content (AvgIpc) is 2.38. The zero-order valence-electron chi connectivity index (χ0n) is 10.2. The van der Waals surface area contributed by atoms with E-state index in [1.165, 1.54) is 26.4 Å². The van der Waals surface area contributed by atoms with Crippen LogP contribution >= 0.6 is 0 Å². The predicted octanol–water partition coefficient (Wildman–Crippen LogP) is 1.14. The number of carboxylic acid groups (broad SMARTS) is 1. The zero-order valence-corrected chi connectivity index (χ0v) is 10.2. The second-order valence-electron chi connectivity index (χ2n) is 3.34.